The Labute approximate surface area is 130 Å². The van der Waals surface area contributed by atoms with Crippen LogP contribution in [0.4, 0.5) is 5.69 Å². The summed E-state index contributed by atoms with van der Waals surface area (Å²) < 4.78 is 38.1. The normalized spacial score (nSPS) is 11.0. The largest absolute Gasteiger partial charge is 0.490 e. The Bertz CT molecular complexity index is 714. The summed E-state index contributed by atoms with van der Waals surface area (Å²) in [5.74, 6) is 1.10. The zero-order valence-electron chi connectivity index (χ0n) is 12.6. The van der Waals surface area contributed by atoms with Crippen molar-refractivity contribution >= 4 is 15.7 Å². The minimum Gasteiger partial charge on any atom is -0.490 e. The molecule has 0 unspecified atom stereocenters. The second-order valence-electron chi connectivity index (χ2n) is 4.45. The van der Waals surface area contributed by atoms with E-state index in [-0.39, 0.29) is 4.90 Å². The molecule has 2 rings (SSSR count). The number of benzene rings is 2. The van der Waals surface area contributed by atoms with E-state index in [0.717, 1.165) is 0 Å². The molecule has 0 aliphatic heterocycles. The van der Waals surface area contributed by atoms with E-state index in [4.69, 9.17) is 9.47 Å². The molecule has 0 spiro atoms. The number of hydrogen-bond donors (Lipinski definition) is 1. The van der Waals surface area contributed by atoms with Crippen molar-refractivity contribution in [2.24, 2.45) is 0 Å². The van der Waals surface area contributed by atoms with Crippen molar-refractivity contribution in [1.82, 2.24) is 0 Å². The summed E-state index contributed by atoms with van der Waals surface area (Å²) in [6.07, 6.45) is 0. The van der Waals surface area contributed by atoms with Gasteiger partial charge in [-0.1, -0.05) is 18.2 Å². The molecular weight excluding hydrogens is 302 g/mol. The van der Waals surface area contributed by atoms with Gasteiger partial charge in [0.25, 0.3) is 10.0 Å². The SMILES string of the molecule is CCOc1ccc(NS(=O)(=O)c2ccccc2)cc1OCC. The van der Waals surface area contributed by atoms with Crippen molar-refractivity contribution in [3.8, 4) is 11.5 Å². The van der Waals surface area contributed by atoms with E-state index in [0.29, 0.717) is 30.4 Å². The van der Waals surface area contributed by atoms with Crippen molar-refractivity contribution < 1.29 is 17.9 Å². The minimum absolute atomic E-state index is 0.210. The molecule has 0 fully saturated rings. The van der Waals surface area contributed by atoms with Crippen LogP contribution in [0.25, 0.3) is 0 Å². The molecule has 0 aromatic heterocycles. The highest BCUT2D eigenvalue weighted by Gasteiger charge is 2.15. The summed E-state index contributed by atoms with van der Waals surface area (Å²) in [5.41, 5.74) is 0.427. The molecule has 22 heavy (non-hydrogen) atoms. The Morgan fingerprint density at radius 1 is 0.909 bits per heavy atom. The van der Waals surface area contributed by atoms with Gasteiger partial charge in [0.1, 0.15) is 0 Å². The number of rotatable bonds is 7. The fraction of sp³-hybridized carbons (Fsp3) is 0.250. The van der Waals surface area contributed by atoms with Crippen molar-refractivity contribution in [2.75, 3.05) is 17.9 Å². The molecule has 0 aliphatic rings. The fourth-order valence-electron chi connectivity index (χ4n) is 1.93. The van der Waals surface area contributed by atoms with Crippen LogP contribution in [0.2, 0.25) is 0 Å². The standard InChI is InChI=1S/C16H19NO4S/c1-3-20-15-11-10-13(12-16(15)21-4-2)17-22(18,19)14-8-6-5-7-9-14/h5-12,17H,3-4H2,1-2H3. The highest BCUT2D eigenvalue weighted by molar-refractivity contribution is 7.92. The monoisotopic (exact) mass is 321 g/mol. The summed E-state index contributed by atoms with van der Waals surface area (Å²) in [6.45, 7) is 4.71. The van der Waals surface area contributed by atoms with Gasteiger partial charge in [0, 0.05) is 6.07 Å². The Kier molecular flexibility index (Phi) is 5.27. The average molecular weight is 321 g/mol. The molecule has 0 atom stereocenters. The average Bonchev–Trinajstić information content (AvgIpc) is 2.51. The highest BCUT2D eigenvalue weighted by Crippen LogP contribution is 2.31. The molecule has 1 N–H and O–H groups in total. The van der Waals surface area contributed by atoms with Crippen molar-refractivity contribution in [1.29, 1.82) is 0 Å². The summed E-state index contributed by atoms with van der Waals surface area (Å²) in [7, 11) is -3.62. The Balaban J connectivity index is 2.28. The van der Waals surface area contributed by atoms with E-state index in [1.807, 2.05) is 13.8 Å². The molecule has 0 amide bonds. The molecule has 6 heteroatoms. The smallest absolute Gasteiger partial charge is 0.261 e. The van der Waals surface area contributed by atoms with Gasteiger partial charge in [-0.15, -0.1) is 0 Å². The van der Waals surface area contributed by atoms with Crippen LogP contribution in [0.15, 0.2) is 53.4 Å². The number of sulfonamides is 1. The zero-order valence-corrected chi connectivity index (χ0v) is 13.4. The Morgan fingerprint density at radius 2 is 1.55 bits per heavy atom. The molecule has 0 aliphatic carbocycles. The molecule has 5 nitrogen and oxygen atoms in total. The van der Waals surface area contributed by atoms with Gasteiger partial charge in [0.05, 0.1) is 23.8 Å². The topological polar surface area (TPSA) is 64.6 Å². The predicted molar refractivity (Wildman–Crippen MR) is 86.0 cm³/mol. The van der Waals surface area contributed by atoms with Crippen LogP contribution in [-0.4, -0.2) is 21.6 Å². The van der Waals surface area contributed by atoms with Crippen molar-refractivity contribution in [3.63, 3.8) is 0 Å². The number of hydrogen-bond acceptors (Lipinski definition) is 4. The minimum atomic E-state index is -3.62. The van der Waals surface area contributed by atoms with Crippen LogP contribution < -0.4 is 14.2 Å². The lowest BCUT2D eigenvalue weighted by molar-refractivity contribution is 0.288. The third-order valence-corrected chi connectivity index (χ3v) is 4.25. The lowest BCUT2D eigenvalue weighted by Crippen LogP contribution is -2.13. The molecule has 0 heterocycles. The van der Waals surface area contributed by atoms with E-state index in [1.165, 1.54) is 0 Å². The maximum Gasteiger partial charge on any atom is 0.261 e. The van der Waals surface area contributed by atoms with E-state index < -0.39 is 10.0 Å². The number of ether oxygens (including phenoxy) is 2. The third-order valence-electron chi connectivity index (χ3n) is 2.85. The summed E-state index contributed by atoms with van der Waals surface area (Å²) >= 11 is 0. The highest BCUT2D eigenvalue weighted by atomic mass is 32.2. The quantitative estimate of drug-likeness (QED) is 0.850. The first-order valence-electron chi connectivity index (χ1n) is 7.04. The second kappa shape index (κ2) is 7.17. The van der Waals surface area contributed by atoms with Gasteiger partial charge >= 0.3 is 0 Å². The van der Waals surface area contributed by atoms with Crippen molar-refractivity contribution in [2.45, 2.75) is 18.7 Å². The maximum absolute atomic E-state index is 12.3. The molecule has 2 aromatic rings. The summed E-state index contributed by atoms with van der Waals surface area (Å²) in [4.78, 5) is 0.210. The number of nitrogens with one attached hydrogen (secondary N) is 1. The lowest BCUT2D eigenvalue weighted by atomic mass is 10.3. The molecule has 0 radical (unpaired) electrons. The summed E-state index contributed by atoms with van der Waals surface area (Å²) in [6, 6.07) is 13.2. The van der Waals surface area contributed by atoms with Crippen LogP contribution >= 0.6 is 0 Å². The Hall–Kier alpha value is -2.21. The first kappa shape index (κ1) is 16.2. The molecule has 0 saturated carbocycles. The first-order valence-corrected chi connectivity index (χ1v) is 8.52. The van der Waals surface area contributed by atoms with E-state index in [9.17, 15) is 8.42 Å². The van der Waals surface area contributed by atoms with Crippen LogP contribution in [-0.2, 0) is 10.0 Å². The van der Waals surface area contributed by atoms with Crippen LogP contribution in [0.3, 0.4) is 0 Å². The van der Waals surface area contributed by atoms with Gasteiger partial charge in [-0.3, -0.25) is 4.72 Å². The third kappa shape index (κ3) is 3.92. The summed E-state index contributed by atoms with van der Waals surface area (Å²) in [5, 5.41) is 0. The maximum atomic E-state index is 12.3. The van der Waals surface area contributed by atoms with Crippen LogP contribution in [0.5, 0.6) is 11.5 Å². The van der Waals surface area contributed by atoms with Gasteiger partial charge in [0.2, 0.25) is 0 Å². The van der Waals surface area contributed by atoms with E-state index >= 15 is 0 Å². The molecule has 0 saturated heterocycles. The molecule has 0 bridgehead atoms. The molecule has 118 valence electrons. The van der Waals surface area contributed by atoms with Crippen LogP contribution in [0.1, 0.15) is 13.8 Å². The van der Waals surface area contributed by atoms with Gasteiger partial charge in [-0.05, 0) is 38.1 Å². The van der Waals surface area contributed by atoms with Gasteiger partial charge in [0.15, 0.2) is 11.5 Å². The lowest BCUT2D eigenvalue weighted by Gasteiger charge is -2.13. The fourth-order valence-corrected chi connectivity index (χ4v) is 3.00. The van der Waals surface area contributed by atoms with Gasteiger partial charge in [-0.2, -0.15) is 0 Å². The molecule has 2 aromatic carbocycles. The second-order valence-corrected chi connectivity index (χ2v) is 6.13. The van der Waals surface area contributed by atoms with Crippen molar-refractivity contribution in [3.05, 3.63) is 48.5 Å². The van der Waals surface area contributed by atoms with Crippen LogP contribution in [0, 0.1) is 0 Å². The molecular formula is C16H19NO4S. The van der Waals surface area contributed by atoms with E-state index in [2.05, 4.69) is 4.72 Å². The van der Waals surface area contributed by atoms with Gasteiger partial charge < -0.3 is 9.47 Å². The number of anilines is 1. The van der Waals surface area contributed by atoms with E-state index in [1.54, 1.807) is 48.5 Å². The van der Waals surface area contributed by atoms with Gasteiger partial charge in [-0.25, -0.2) is 8.42 Å². The Morgan fingerprint density at radius 3 is 2.18 bits per heavy atom. The zero-order chi connectivity index (χ0) is 16.0. The first-order chi connectivity index (χ1) is 10.6. The predicted octanol–water partition coefficient (Wildman–Crippen LogP) is 3.28.